The number of nitrogens with one attached hydrogen (secondary N) is 2. The fourth-order valence-electron chi connectivity index (χ4n) is 4.28. The summed E-state index contributed by atoms with van der Waals surface area (Å²) in [5, 5.41) is 8.90. The van der Waals surface area contributed by atoms with Crippen LogP contribution in [0.1, 0.15) is 63.2 Å². The molecule has 6 heteroatoms. The van der Waals surface area contributed by atoms with Crippen molar-refractivity contribution in [2.75, 3.05) is 32.7 Å². The standard InChI is InChI=1S/C21H34N4OS/c1-2-22-20(23-13-10-19(26)25-14-6-7-15-25)24-17-21(11-4-3-5-12-21)18-9-8-16-27-18/h8-9,16H,2-7,10-15,17H2,1H3,(H2,22,23,24). The monoisotopic (exact) mass is 390 g/mol. The Labute approximate surface area is 167 Å². The summed E-state index contributed by atoms with van der Waals surface area (Å²) in [6.45, 7) is 6.24. The number of hydrogen-bond donors (Lipinski definition) is 2. The number of rotatable bonds is 7. The van der Waals surface area contributed by atoms with Crippen molar-refractivity contribution in [1.29, 1.82) is 0 Å². The van der Waals surface area contributed by atoms with Gasteiger partial charge in [0.1, 0.15) is 0 Å². The number of hydrogen-bond acceptors (Lipinski definition) is 3. The molecule has 0 radical (unpaired) electrons. The van der Waals surface area contributed by atoms with Crippen molar-refractivity contribution < 1.29 is 4.79 Å². The number of thiophene rings is 1. The Morgan fingerprint density at radius 3 is 2.63 bits per heavy atom. The fraction of sp³-hybridized carbons (Fsp3) is 0.714. The first-order valence-corrected chi connectivity index (χ1v) is 11.5. The van der Waals surface area contributed by atoms with Crippen LogP contribution in [-0.4, -0.2) is 49.5 Å². The second-order valence-corrected chi connectivity index (χ2v) is 8.73. The van der Waals surface area contributed by atoms with Crippen molar-refractivity contribution in [3.63, 3.8) is 0 Å². The fourth-order valence-corrected chi connectivity index (χ4v) is 5.26. The summed E-state index contributed by atoms with van der Waals surface area (Å²) >= 11 is 1.87. The molecule has 0 unspecified atom stereocenters. The van der Waals surface area contributed by atoms with E-state index in [1.165, 1.54) is 37.0 Å². The minimum absolute atomic E-state index is 0.195. The predicted octanol–water partition coefficient (Wildman–Crippen LogP) is 3.52. The van der Waals surface area contributed by atoms with E-state index >= 15 is 0 Å². The quantitative estimate of drug-likeness (QED) is 0.553. The molecule has 1 saturated heterocycles. The Bertz CT molecular complexity index is 602. The molecule has 2 N–H and O–H groups in total. The van der Waals surface area contributed by atoms with Gasteiger partial charge in [0.15, 0.2) is 5.96 Å². The van der Waals surface area contributed by atoms with E-state index in [1.807, 2.05) is 16.2 Å². The molecule has 0 bridgehead atoms. The molecule has 150 valence electrons. The molecular weight excluding hydrogens is 356 g/mol. The molecule has 27 heavy (non-hydrogen) atoms. The third-order valence-corrected chi connectivity index (χ3v) is 6.94. The number of nitrogens with zero attached hydrogens (tertiary/aromatic N) is 2. The highest BCUT2D eigenvalue weighted by atomic mass is 32.1. The molecular formula is C21H34N4OS. The Morgan fingerprint density at radius 2 is 1.96 bits per heavy atom. The van der Waals surface area contributed by atoms with Crippen LogP contribution in [0, 0.1) is 0 Å². The first-order chi connectivity index (χ1) is 13.2. The molecule has 2 heterocycles. The smallest absolute Gasteiger partial charge is 0.224 e. The summed E-state index contributed by atoms with van der Waals surface area (Å²) in [6, 6.07) is 4.44. The molecule has 1 aromatic rings. The Balaban J connectivity index is 1.57. The van der Waals surface area contributed by atoms with Gasteiger partial charge in [-0.25, -0.2) is 0 Å². The summed E-state index contributed by atoms with van der Waals surface area (Å²) in [5.74, 6) is 1.10. The van der Waals surface area contributed by atoms with Gasteiger partial charge in [-0.1, -0.05) is 25.3 Å². The molecule has 5 nitrogen and oxygen atoms in total. The highest BCUT2D eigenvalue weighted by Gasteiger charge is 2.34. The van der Waals surface area contributed by atoms with Crippen LogP contribution in [-0.2, 0) is 10.2 Å². The molecule has 1 amide bonds. The molecule has 1 aliphatic carbocycles. The van der Waals surface area contributed by atoms with Crippen LogP contribution in [0.2, 0.25) is 0 Å². The zero-order valence-electron chi connectivity index (χ0n) is 16.6. The van der Waals surface area contributed by atoms with Gasteiger partial charge in [0.05, 0.1) is 6.54 Å². The first-order valence-electron chi connectivity index (χ1n) is 10.6. The topological polar surface area (TPSA) is 56.7 Å². The van der Waals surface area contributed by atoms with E-state index in [0.29, 0.717) is 13.0 Å². The third-order valence-electron chi connectivity index (χ3n) is 5.83. The van der Waals surface area contributed by atoms with Crippen molar-refractivity contribution in [2.24, 2.45) is 4.99 Å². The third kappa shape index (κ3) is 5.47. The zero-order chi connectivity index (χ0) is 19.0. The number of amides is 1. The van der Waals surface area contributed by atoms with Gasteiger partial charge in [-0.2, -0.15) is 0 Å². The van der Waals surface area contributed by atoms with Gasteiger partial charge in [-0.05, 0) is 44.1 Å². The summed E-state index contributed by atoms with van der Waals surface area (Å²) < 4.78 is 0. The number of aliphatic imine (C=N–C) groups is 1. The van der Waals surface area contributed by atoms with Gasteiger partial charge >= 0.3 is 0 Å². The van der Waals surface area contributed by atoms with E-state index in [2.05, 4.69) is 35.1 Å². The van der Waals surface area contributed by atoms with Crippen LogP contribution < -0.4 is 10.6 Å². The van der Waals surface area contributed by atoms with E-state index in [9.17, 15) is 4.79 Å². The Kier molecular flexibility index (Phi) is 7.56. The summed E-state index contributed by atoms with van der Waals surface area (Å²) in [4.78, 5) is 20.6. The van der Waals surface area contributed by atoms with E-state index in [4.69, 9.17) is 4.99 Å². The number of carbonyl (C=O) groups is 1. The molecule has 3 rings (SSSR count). The molecule has 0 spiro atoms. The summed E-state index contributed by atoms with van der Waals surface area (Å²) in [5.41, 5.74) is 0.195. The molecule has 0 atom stereocenters. The first kappa shape index (κ1) is 20.2. The molecule has 2 fully saturated rings. The average molecular weight is 391 g/mol. The molecule has 1 aromatic heterocycles. The predicted molar refractivity (Wildman–Crippen MR) is 113 cm³/mol. The molecule has 1 saturated carbocycles. The van der Waals surface area contributed by atoms with Crippen molar-refractivity contribution >= 4 is 23.2 Å². The Hall–Kier alpha value is -1.56. The van der Waals surface area contributed by atoms with Crippen LogP contribution >= 0.6 is 11.3 Å². The number of carbonyl (C=O) groups excluding carboxylic acids is 1. The van der Waals surface area contributed by atoms with Crippen molar-refractivity contribution in [2.45, 2.75) is 63.7 Å². The van der Waals surface area contributed by atoms with Gasteiger partial charge in [0, 0.05) is 42.9 Å². The maximum absolute atomic E-state index is 12.2. The SMILES string of the molecule is CCNC(=NCC1(c2cccs2)CCCCC1)NCCC(=O)N1CCCC1. The van der Waals surface area contributed by atoms with Crippen LogP contribution in [0.15, 0.2) is 22.5 Å². The molecule has 1 aliphatic heterocycles. The zero-order valence-corrected chi connectivity index (χ0v) is 17.5. The summed E-state index contributed by atoms with van der Waals surface area (Å²) in [6.07, 6.45) is 9.22. The molecule has 0 aromatic carbocycles. The number of guanidine groups is 1. The largest absolute Gasteiger partial charge is 0.357 e. The van der Waals surface area contributed by atoms with Crippen LogP contribution in [0.4, 0.5) is 0 Å². The van der Waals surface area contributed by atoms with E-state index in [0.717, 1.165) is 45.0 Å². The van der Waals surface area contributed by atoms with Crippen molar-refractivity contribution in [3.8, 4) is 0 Å². The van der Waals surface area contributed by atoms with Crippen molar-refractivity contribution in [3.05, 3.63) is 22.4 Å². The Morgan fingerprint density at radius 1 is 1.19 bits per heavy atom. The second-order valence-electron chi connectivity index (χ2n) is 7.78. The van der Waals surface area contributed by atoms with E-state index in [1.54, 1.807) is 0 Å². The average Bonchev–Trinajstić information content (AvgIpc) is 3.41. The lowest BCUT2D eigenvalue weighted by atomic mass is 9.73. The van der Waals surface area contributed by atoms with Crippen LogP contribution in [0.3, 0.4) is 0 Å². The highest BCUT2D eigenvalue weighted by molar-refractivity contribution is 7.10. The van der Waals surface area contributed by atoms with Gasteiger partial charge < -0.3 is 15.5 Å². The van der Waals surface area contributed by atoms with Crippen molar-refractivity contribution in [1.82, 2.24) is 15.5 Å². The maximum Gasteiger partial charge on any atom is 0.224 e. The van der Waals surface area contributed by atoms with Gasteiger partial charge in [0.2, 0.25) is 5.91 Å². The second kappa shape index (κ2) is 10.1. The normalized spacial score (nSPS) is 19.9. The van der Waals surface area contributed by atoms with Crippen LogP contribution in [0.25, 0.3) is 0 Å². The minimum Gasteiger partial charge on any atom is -0.357 e. The minimum atomic E-state index is 0.195. The maximum atomic E-state index is 12.2. The lowest BCUT2D eigenvalue weighted by Gasteiger charge is -2.35. The van der Waals surface area contributed by atoms with Gasteiger partial charge in [-0.15, -0.1) is 11.3 Å². The van der Waals surface area contributed by atoms with E-state index in [-0.39, 0.29) is 11.3 Å². The lowest BCUT2D eigenvalue weighted by Crippen LogP contribution is -2.41. The molecule has 2 aliphatic rings. The van der Waals surface area contributed by atoms with Crippen LogP contribution in [0.5, 0.6) is 0 Å². The van der Waals surface area contributed by atoms with Gasteiger partial charge in [0.25, 0.3) is 0 Å². The number of likely N-dealkylation sites (tertiary alicyclic amines) is 1. The summed E-state index contributed by atoms with van der Waals surface area (Å²) in [7, 11) is 0. The highest BCUT2D eigenvalue weighted by Crippen LogP contribution is 2.41. The van der Waals surface area contributed by atoms with E-state index < -0.39 is 0 Å². The lowest BCUT2D eigenvalue weighted by molar-refractivity contribution is -0.129. The van der Waals surface area contributed by atoms with Gasteiger partial charge in [-0.3, -0.25) is 9.79 Å².